The summed E-state index contributed by atoms with van der Waals surface area (Å²) in [4.78, 5) is 25.2. The molecule has 0 aromatic heterocycles. The Morgan fingerprint density at radius 2 is 1.76 bits per heavy atom. The van der Waals surface area contributed by atoms with Crippen LogP contribution in [0.15, 0.2) is 53.4 Å². The predicted molar refractivity (Wildman–Crippen MR) is 125 cm³/mol. The quantitative estimate of drug-likeness (QED) is 0.584. The second-order valence-electron chi connectivity index (χ2n) is 8.08. The molecule has 0 spiro atoms. The molecule has 3 rings (SSSR count). The number of ether oxygens (including phenoxy) is 2. The molecule has 1 aliphatic rings. The number of nitrogens with one attached hydrogen (secondary N) is 1. The van der Waals surface area contributed by atoms with Crippen LogP contribution in [0.4, 0.5) is 5.69 Å². The van der Waals surface area contributed by atoms with Crippen LogP contribution in [0.5, 0.6) is 5.75 Å². The monoisotopic (exact) mass is 474 g/mol. The molecular weight excluding hydrogens is 444 g/mol. The molecule has 1 amide bonds. The van der Waals surface area contributed by atoms with Crippen LogP contribution >= 0.6 is 0 Å². The number of anilines is 1. The van der Waals surface area contributed by atoms with E-state index in [9.17, 15) is 18.0 Å². The Labute approximate surface area is 194 Å². The first kappa shape index (κ1) is 24.7. The Morgan fingerprint density at radius 1 is 1.06 bits per heavy atom. The Hall–Kier alpha value is -2.91. The number of para-hydroxylation sites is 2. The Kier molecular flexibility index (Phi) is 8.10. The van der Waals surface area contributed by atoms with E-state index >= 15 is 0 Å². The molecule has 2 aromatic carbocycles. The number of carbonyl (C=O) groups is 2. The Bertz CT molecular complexity index is 1100. The molecule has 9 heteroatoms. The second kappa shape index (κ2) is 10.8. The molecule has 178 valence electrons. The summed E-state index contributed by atoms with van der Waals surface area (Å²) in [6.07, 6.45) is 3.69. The molecule has 1 aliphatic carbocycles. The molecule has 1 saturated carbocycles. The number of carbonyl (C=O) groups excluding carboxylic acids is 2. The van der Waals surface area contributed by atoms with Crippen LogP contribution in [0.1, 0.15) is 49.4 Å². The molecule has 1 fully saturated rings. The number of methoxy groups -OCH3 is 1. The standard InChI is InChI=1S/C24H30N2O6S/c1-17(23(27)25-21-14-7-8-15-22(21)31-3)32-24(28)18-10-9-13-20(16-18)33(29,30)26(2)19-11-5-4-6-12-19/h7-10,13-17,19H,4-6,11-12H2,1-3H3,(H,25,27)/t17-/m1/s1. The third-order valence-corrected chi connectivity index (χ3v) is 7.76. The zero-order valence-electron chi connectivity index (χ0n) is 19.1. The lowest BCUT2D eigenvalue weighted by Crippen LogP contribution is -2.38. The number of sulfonamides is 1. The van der Waals surface area contributed by atoms with E-state index in [4.69, 9.17) is 9.47 Å². The number of hydrogen-bond donors (Lipinski definition) is 1. The van der Waals surface area contributed by atoms with Crippen LogP contribution in [-0.2, 0) is 19.6 Å². The average Bonchev–Trinajstić information content (AvgIpc) is 2.84. The number of benzene rings is 2. The molecule has 0 saturated heterocycles. The van der Waals surface area contributed by atoms with Gasteiger partial charge >= 0.3 is 5.97 Å². The van der Waals surface area contributed by atoms with Crippen LogP contribution in [0.2, 0.25) is 0 Å². The highest BCUT2D eigenvalue weighted by molar-refractivity contribution is 7.89. The highest BCUT2D eigenvalue weighted by Gasteiger charge is 2.30. The zero-order valence-corrected chi connectivity index (χ0v) is 19.9. The van der Waals surface area contributed by atoms with Gasteiger partial charge in [0.2, 0.25) is 10.0 Å². The Morgan fingerprint density at radius 3 is 2.45 bits per heavy atom. The third-order valence-electron chi connectivity index (χ3n) is 5.85. The Balaban J connectivity index is 1.69. The highest BCUT2D eigenvalue weighted by Crippen LogP contribution is 2.27. The van der Waals surface area contributed by atoms with Gasteiger partial charge in [0.15, 0.2) is 6.10 Å². The fourth-order valence-electron chi connectivity index (χ4n) is 3.86. The van der Waals surface area contributed by atoms with E-state index in [1.54, 1.807) is 31.3 Å². The smallest absolute Gasteiger partial charge is 0.338 e. The van der Waals surface area contributed by atoms with Crippen molar-refractivity contribution in [1.29, 1.82) is 0 Å². The first-order valence-corrected chi connectivity index (χ1v) is 12.4. The summed E-state index contributed by atoms with van der Waals surface area (Å²) >= 11 is 0. The van der Waals surface area contributed by atoms with E-state index in [0.717, 1.165) is 32.1 Å². The van der Waals surface area contributed by atoms with E-state index in [2.05, 4.69) is 5.32 Å². The van der Waals surface area contributed by atoms with Crippen molar-refractivity contribution in [2.75, 3.05) is 19.5 Å². The fourth-order valence-corrected chi connectivity index (χ4v) is 5.32. The molecule has 0 unspecified atom stereocenters. The van der Waals surface area contributed by atoms with Gasteiger partial charge < -0.3 is 14.8 Å². The van der Waals surface area contributed by atoms with Gasteiger partial charge in [-0.1, -0.05) is 37.5 Å². The van der Waals surface area contributed by atoms with Gasteiger partial charge in [-0.25, -0.2) is 13.2 Å². The number of rotatable bonds is 8. The van der Waals surface area contributed by atoms with Gasteiger partial charge in [0.1, 0.15) is 5.75 Å². The van der Waals surface area contributed by atoms with Crippen molar-refractivity contribution in [3.8, 4) is 5.75 Å². The minimum Gasteiger partial charge on any atom is -0.495 e. The van der Waals surface area contributed by atoms with Crippen LogP contribution in [-0.4, -0.2) is 50.9 Å². The molecule has 0 aliphatic heterocycles. The lowest BCUT2D eigenvalue weighted by Gasteiger charge is -2.30. The second-order valence-corrected chi connectivity index (χ2v) is 10.1. The zero-order chi connectivity index (χ0) is 24.0. The molecule has 33 heavy (non-hydrogen) atoms. The van der Waals surface area contributed by atoms with Crippen LogP contribution < -0.4 is 10.1 Å². The maximum absolute atomic E-state index is 13.1. The van der Waals surface area contributed by atoms with Crippen LogP contribution in [0.3, 0.4) is 0 Å². The topological polar surface area (TPSA) is 102 Å². The van der Waals surface area contributed by atoms with Crippen molar-refractivity contribution in [2.24, 2.45) is 0 Å². The van der Waals surface area contributed by atoms with Gasteiger partial charge in [0.25, 0.3) is 5.91 Å². The largest absolute Gasteiger partial charge is 0.495 e. The third kappa shape index (κ3) is 5.91. The molecule has 2 aromatic rings. The van der Waals surface area contributed by atoms with Crippen molar-refractivity contribution in [3.05, 3.63) is 54.1 Å². The summed E-state index contributed by atoms with van der Waals surface area (Å²) in [5, 5.41) is 2.66. The summed E-state index contributed by atoms with van der Waals surface area (Å²) in [6.45, 7) is 1.44. The maximum atomic E-state index is 13.1. The van der Waals surface area contributed by atoms with Crippen LogP contribution in [0.25, 0.3) is 0 Å². The summed E-state index contributed by atoms with van der Waals surface area (Å²) < 4.78 is 38.1. The molecule has 1 atom stereocenters. The lowest BCUT2D eigenvalue weighted by molar-refractivity contribution is -0.123. The van der Waals surface area contributed by atoms with Gasteiger partial charge in [-0.3, -0.25) is 4.79 Å². The molecule has 0 heterocycles. The van der Waals surface area contributed by atoms with Crippen molar-refractivity contribution in [3.63, 3.8) is 0 Å². The van der Waals surface area contributed by atoms with E-state index in [0.29, 0.717) is 11.4 Å². The number of amides is 1. The minimum absolute atomic E-state index is 0.0242. The number of nitrogens with zero attached hydrogens (tertiary/aromatic N) is 1. The van der Waals surface area contributed by atoms with Crippen molar-refractivity contribution >= 4 is 27.6 Å². The van der Waals surface area contributed by atoms with Crippen LogP contribution in [0, 0.1) is 0 Å². The predicted octanol–water partition coefficient (Wildman–Crippen LogP) is 3.83. The van der Waals surface area contributed by atoms with Crippen molar-refractivity contribution in [2.45, 2.75) is 56.1 Å². The summed E-state index contributed by atoms with van der Waals surface area (Å²) in [6, 6.07) is 12.6. The van der Waals surface area contributed by atoms with E-state index in [1.807, 2.05) is 0 Å². The highest BCUT2D eigenvalue weighted by atomic mass is 32.2. The van der Waals surface area contributed by atoms with Gasteiger partial charge in [-0.2, -0.15) is 4.31 Å². The SMILES string of the molecule is COc1ccccc1NC(=O)[C@@H](C)OC(=O)c1cccc(S(=O)(=O)N(C)C2CCCCC2)c1. The van der Waals surface area contributed by atoms with Gasteiger partial charge in [0, 0.05) is 13.1 Å². The first-order valence-electron chi connectivity index (χ1n) is 11.0. The lowest BCUT2D eigenvalue weighted by atomic mass is 9.96. The van der Waals surface area contributed by atoms with Gasteiger partial charge in [0.05, 0.1) is 23.3 Å². The molecular formula is C24H30N2O6S. The number of hydrogen-bond acceptors (Lipinski definition) is 6. The molecule has 8 nitrogen and oxygen atoms in total. The first-order chi connectivity index (χ1) is 15.7. The summed E-state index contributed by atoms with van der Waals surface area (Å²) in [5.74, 6) is -0.840. The summed E-state index contributed by atoms with van der Waals surface area (Å²) in [5.41, 5.74) is 0.511. The van der Waals surface area contributed by atoms with Crippen molar-refractivity contribution < 1.29 is 27.5 Å². The summed E-state index contributed by atoms with van der Waals surface area (Å²) in [7, 11) is -0.684. The van der Waals surface area contributed by atoms with E-state index in [1.165, 1.54) is 42.6 Å². The average molecular weight is 475 g/mol. The number of esters is 1. The van der Waals surface area contributed by atoms with Crippen molar-refractivity contribution in [1.82, 2.24) is 4.31 Å². The maximum Gasteiger partial charge on any atom is 0.338 e. The van der Waals surface area contributed by atoms with Gasteiger partial charge in [-0.15, -0.1) is 0 Å². The minimum atomic E-state index is -3.76. The normalized spacial score (nSPS) is 15.6. The molecule has 1 N–H and O–H groups in total. The molecule has 0 radical (unpaired) electrons. The van der Waals surface area contributed by atoms with Gasteiger partial charge in [-0.05, 0) is 50.1 Å². The fraction of sp³-hybridized carbons (Fsp3) is 0.417. The van der Waals surface area contributed by atoms with E-state index < -0.39 is 28.0 Å². The molecule has 0 bridgehead atoms. The van der Waals surface area contributed by atoms with E-state index in [-0.39, 0.29) is 16.5 Å².